The molecule has 0 saturated carbocycles. The fraction of sp³-hybridized carbons (Fsp3) is 0.0769. The van der Waals surface area contributed by atoms with Crippen molar-refractivity contribution in [3.63, 3.8) is 0 Å². The summed E-state index contributed by atoms with van der Waals surface area (Å²) in [4.78, 5) is 8.14. The maximum absolute atomic E-state index is 14.4. The summed E-state index contributed by atoms with van der Waals surface area (Å²) < 4.78 is 15.4. The number of nitrogens with zero attached hydrogens (tertiary/aromatic N) is 2. The molecule has 0 aliphatic carbocycles. The third kappa shape index (κ3) is 1.98. The average molecular weight is 279 g/mol. The van der Waals surface area contributed by atoms with Crippen molar-refractivity contribution in [3.05, 3.63) is 58.3 Å². The monoisotopic (exact) mass is 278 g/mol. The van der Waals surface area contributed by atoms with Crippen LogP contribution >= 0.6 is 22.9 Å². The first-order valence-electron chi connectivity index (χ1n) is 5.34. The summed E-state index contributed by atoms with van der Waals surface area (Å²) in [6.45, 7) is 0. The Kier molecular flexibility index (Phi) is 2.97. The molecule has 1 aromatic carbocycles. The van der Waals surface area contributed by atoms with Crippen LogP contribution in [-0.2, 0) is 0 Å². The fourth-order valence-corrected chi connectivity index (χ4v) is 2.90. The predicted octanol–water partition coefficient (Wildman–Crippen LogP) is 4.40. The fourth-order valence-electron chi connectivity index (χ4n) is 1.72. The molecule has 3 aromatic rings. The number of halogens is 2. The SMILES string of the molecule is FC(c1nc2ccccc2s1)c1ccncc1Cl. The molecule has 18 heavy (non-hydrogen) atoms. The molecule has 90 valence electrons. The smallest absolute Gasteiger partial charge is 0.178 e. The molecule has 2 nitrogen and oxygen atoms in total. The van der Waals surface area contributed by atoms with Gasteiger partial charge in [-0.05, 0) is 18.2 Å². The molecule has 0 aliphatic heterocycles. The third-order valence-electron chi connectivity index (χ3n) is 2.60. The number of aromatic nitrogens is 2. The largest absolute Gasteiger partial charge is 0.263 e. The van der Waals surface area contributed by atoms with Crippen molar-refractivity contribution in [2.45, 2.75) is 6.17 Å². The summed E-state index contributed by atoms with van der Waals surface area (Å²) >= 11 is 7.29. The van der Waals surface area contributed by atoms with E-state index < -0.39 is 6.17 Å². The van der Waals surface area contributed by atoms with Crippen molar-refractivity contribution in [2.24, 2.45) is 0 Å². The zero-order valence-corrected chi connectivity index (χ0v) is 10.7. The van der Waals surface area contributed by atoms with E-state index in [-0.39, 0.29) is 0 Å². The van der Waals surface area contributed by atoms with Gasteiger partial charge in [-0.15, -0.1) is 11.3 Å². The highest BCUT2D eigenvalue weighted by molar-refractivity contribution is 7.18. The highest BCUT2D eigenvalue weighted by Gasteiger charge is 2.19. The van der Waals surface area contributed by atoms with Crippen LogP contribution in [-0.4, -0.2) is 9.97 Å². The minimum Gasteiger partial charge on any atom is -0.263 e. The number of fused-ring (bicyclic) bond motifs is 1. The molecule has 1 unspecified atom stereocenters. The summed E-state index contributed by atoms with van der Waals surface area (Å²) in [5, 5.41) is 0.744. The van der Waals surface area contributed by atoms with Crippen LogP contribution in [0.25, 0.3) is 10.2 Å². The van der Waals surface area contributed by atoms with Gasteiger partial charge in [-0.3, -0.25) is 4.98 Å². The zero-order valence-electron chi connectivity index (χ0n) is 9.18. The molecule has 5 heteroatoms. The Bertz CT molecular complexity index is 665. The Hall–Kier alpha value is -1.52. The Morgan fingerprint density at radius 1 is 1.22 bits per heavy atom. The molecule has 0 fully saturated rings. The van der Waals surface area contributed by atoms with Crippen LogP contribution in [0.15, 0.2) is 42.7 Å². The molecule has 2 heterocycles. The van der Waals surface area contributed by atoms with Crippen molar-refractivity contribution >= 4 is 33.2 Å². The summed E-state index contributed by atoms with van der Waals surface area (Å²) in [7, 11) is 0. The molecule has 0 bridgehead atoms. The topological polar surface area (TPSA) is 25.8 Å². The first kappa shape index (κ1) is 11.6. The highest BCUT2D eigenvalue weighted by atomic mass is 35.5. The lowest BCUT2D eigenvalue weighted by Crippen LogP contribution is -1.95. The molecule has 1 atom stereocenters. The number of rotatable bonds is 2. The van der Waals surface area contributed by atoms with Crippen molar-refractivity contribution in [3.8, 4) is 0 Å². The first-order chi connectivity index (χ1) is 8.75. The molecule has 0 N–H and O–H groups in total. The molecular formula is C13H8ClFN2S. The van der Waals surface area contributed by atoms with Crippen LogP contribution in [0.2, 0.25) is 5.02 Å². The van der Waals surface area contributed by atoms with Crippen molar-refractivity contribution in [1.29, 1.82) is 0 Å². The predicted molar refractivity (Wildman–Crippen MR) is 71.8 cm³/mol. The maximum Gasteiger partial charge on any atom is 0.178 e. The summed E-state index contributed by atoms with van der Waals surface area (Å²) in [6, 6.07) is 9.18. The van der Waals surface area contributed by atoms with Crippen LogP contribution in [0.3, 0.4) is 0 Å². The summed E-state index contributed by atoms with van der Waals surface area (Å²) in [5.41, 5.74) is 1.22. The second kappa shape index (κ2) is 4.63. The second-order valence-corrected chi connectivity index (χ2v) is 5.25. The van der Waals surface area contributed by atoms with Crippen LogP contribution in [0, 0.1) is 0 Å². The van der Waals surface area contributed by atoms with Crippen molar-refractivity contribution in [1.82, 2.24) is 9.97 Å². The van der Waals surface area contributed by atoms with E-state index in [1.165, 1.54) is 23.7 Å². The van der Waals surface area contributed by atoms with Gasteiger partial charge in [0.15, 0.2) is 6.17 Å². The van der Waals surface area contributed by atoms with Crippen molar-refractivity contribution in [2.75, 3.05) is 0 Å². The van der Waals surface area contributed by atoms with Gasteiger partial charge < -0.3 is 0 Å². The lowest BCUT2D eigenvalue weighted by Gasteiger charge is -2.06. The van der Waals surface area contributed by atoms with Gasteiger partial charge in [0.05, 0.1) is 15.2 Å². The number of alkyl halides is 1. The third-order valence-corrected chi connectivity index (χ3v) is 3.99. The second-order valence-electron chi connectivity index (χ2n) is 3.78. The maximum atomic E-state index is 14.4. The number of para-hydroxylation sites is 1. The van der Waals surface area contributed by atoms with Gasteiger partial charge in [-0.1, -0.05) is 23.7 Å². The first-order valence-corrected chi connectivity index (χ1v) is 6.54. The summed E-state index contributed by atoms with van der Waals surface area (Å²) in [6.07, 6.45) is 1.66. The molecule has 0 aliphatic rings. The molecule has 0 saturated heterocycles. The highest BCUT2D eigenvalue weighted by Crippen LogP contribution is 2.35. The molecular weight excluding hydrogens is 271 g/mol. The normalized spacial score (nSPS) is 12.8. The van der Waals surface area contributed by atoms with Gasteiger partial charge in [0.1, 0.15) is 5.01 Å². The van der Waals surface area contributed by atoms with E-state index in [2.05, 4.69) is 9.97 Å². The molecule has 2 aromatic heterocycles. The van der Waals surface area contributed by atoms with Gasteiger partial charge in [0, 0.05) is 18.0 Å². The van der Waals surface area contributed by atoms with Crippen LogP contribution in [0.5, 0.6) is 0 Å². The van der Waals surface area contributed by atoms with E-state index in [0.717, 1.165) is 10.2 Å². The Morgan fingerprint density at radius 2 is 2.06 bits per heavy atom. The van der Waals surface area contributed by atoms with E-state index in [0.29, 0.717) is 15.6 Å². The average Bonchev–Trinajstić information content (AvgIpc) is 2.82. The number of pyridine rings is 1. The van der Waals surface area contributed by atoms with Gasteiger partial charge in [0.2, 0.25) is 0 Å². The minimum atomic E-state index is -1.31. The van der Waals surface area contributed by atoms with Crippen LogP contribution < -0.4 is 0 Å². The van der Waals surface area contributed by atoms with E-state index in [1.807, 2.05) is 24.3 Å². The van der Waals surface area contributed by atoms with Gasteiger partial charge in [0.25, 0.3) is 0 Å². The van der Waals surface area contributed by atoms with Gasteiger partial charge >= 0.3 is 0 Å². The quantitative estimate of drug-likeness (QED) is 0.694. The number of thiazole rings is 1. The van der Waals surface area contributed by atoms with E-state index in [4.69, 9.17) is 11.6 Å². The van der Waals surface area contributed by atoms with E-state index >= 15 is 0 Å². The lowest BCUT2D eigenvalue weighted by molar-refractivity contribution is 0.401. The number of hydrogen-bond acceptors (Lipinski definition) is 3. The number of hydrogen-bond donors (Lipinski definition) is 0. The summed E-state index contributed by atoms with van der Waals surface area (Å²) in [5.74, 6) is 0. The van der Waals surface area contributed by atoms with Crippen LogP contribution in [0.4, 0.5) is 4.39 Å². The Balaban J connectivity index is 2.07. The standard InChI is InChI=1S/C13H8ClFN2S/c14-9-7-16-6-5-8(9)12(15)13-17-10-3-1-2-4-11(10)18-13/h1-7,12H. The van der Waals surface area contributed by atoms with Gasteiger partial charge in [-0.25, -0.2) is 9.37 Å². The molecule has 0 amide bonds. The van der Waals surface area contributed by atoms with E-state index in [1.54, 1.807) is 6.07 Å². The minimum absolute atomic E-state index is 0.323. The Morgan fingerprint density at radius 3 is 2.83 bits per heavy atom. The van der Waals surface area contributed by atoms with Crippen molar-refractivity contribution < 1.29 is 4.39 Å². The molecule has 0 radical (unpaired) electrons. The molecule has 3 rings (SSSR count). The zero-order chi connectivity index (χ0) is 12.5. The van der Waals surface area contributed by atoms with E-state index in [9.17, 15) is 4.39 Å². The Labute approximate surface area is 112 Å². The molecule has 0 spiro atoms. The number of benzene rings is 1. The lowest BCUT2D eigenvalue weighted by atomic mass is 10.2. The van der Waals surface area contributed by atoms with Gasteiger partial charge in [-0.2, -0.15) is 0 Å². The van der Waals surface area contributed by atoms with Crippen LogP contribution in [0.1, 0.15) is 16.7 Å².